The van der Waals surface area contributed by atoms with Crippen molar-refractivity contribution >= 4 is 28.7 Å². The number of carbonyl (C=O) groups is 2. The van der Waals surface area contributed by atoms with Crippen molar-refractivity contribution in [3.05, 3.63) is 89.1 Å². The standard InChI is InChI=1S/C26H24FNO6/c1-26(2)33-23(25(31)34-26)13-22(29)20-15-28(14-17-4-8-18(27)9-5-17)21-10-6-16(12-19(20)21)7-11-24(30)32-3/h4-13,15,24,30H,14H2,1-3H3/b11-7+,23-13-. The number of benzene rings is 2. The van der Waals surface area contributed by atoms with Gasteiger partial charge in [0.2, 0.25) is 11.5 Å². The Balaban J connectivity index is 1.76. The normalized spacial score (nSPS) is 17.3. The van der Waals surface area contributed by atoms with Gasteiger partial charge in [0.25, 0.3) is 0 Å². The molecule has 1 aliphatic heterocycles. The van der Waals surface area contributed by atoms with Crippen molar-refractivity contribution in [2.24, 2.45) is 0 Å². The molecule has 0 aliphatic carbocycles. The number of aliphatic hydroxyl groups excluding tert-OH is 1. The molecule has 0 amide bonds. The van der Waals surface area contributed by atoms with E-state index in [0.717, 1.165) is 22.7 Å². The number of esters is 1. The summed E-state index contributed by atoms with van der Waals surface area (Å²) in [6, 6.07) is 11.6. The average Bonchev–Trinajstić information content (AvgIpc) is 3.28. The van der Waals surface area contributed by atoms with Crippen LogP contribution in [0.25, 0.3) is 17.0 Å². The van der Waals surface area contributed by atoms with E-state index in [1.54, 1.807) is 44.3 Å². The fourth-order valence-electron chi connectivity index (χ4n) is 3.69. The number of allylic oxidation sites excluding steroid dienone is 1. The van der Waals surface area contributed by atoms with E-state index in [0.29, 0.717) is 17.5 Å². The minimum Gasteiger partial charge on any atom is -0.445 e. The summed E-state index contributed by atoms with van der Waals surface area (Å²) in [4.78, 5) is 25.3. The van der Waals surface area contributed by atoms with E-state index in [4.69, 9.17) is 14.2 Å². The molecule has 1 aromatic heterocycles. The van der Waals surface area contributed by atoms with Crippen molar-refractivity contribution < 1.29 is 33.3 Å². The molecule has 1 saturated heterocycles. The number of aliphatic hydroxyl groups is 1. The Kier molecular flexibility index (Phi) is 6.37. The zero-order valence-electron chi connectivity index (χ0n) is 18.9. The number of nitrogens with zero attached hydrogens (tertiary/aromatic N) is 1. The SMILES string of the molecule is COC(O)/C=C/c1ccc2c(c1)c(C(=O)/C=C1\OC(C)(C)OC1=O)cn2Cc1ccc(F)cc1. The molecule has 0 radical (unpaired) electrons. The molecule has 0 spiro atoms. The Bertz CT molecular complexity index is 1300. The highest BCUT2D eigenvalue weighted by Crippen LogP contribution is 2.29. The topological polar surface area (TPSA) is 87.0 Å². The summed E-state index contributed by atoms with van der Waals surface area (Å²) in [7, 11) is 1.38. The van der Waals surface area contributed by atoms with Crippen LogP contribution in [0.3, 0.4) is 0 Å². The van der Waals surface area contributed by atoms with Crippen molar-refractivity contribution in [3.8, 4) is 0 Å². The number of hydrogen-bond donors (Lipinski definition) is 1. The third-order valence-corrected chi connectivity index (χ3v) is 5.29. The van der Waals surface area contributed by atoms with Gasteiger partial charge in [-0.3, -0.25) is 4.79 Å². The van der Waals surface area contributed by atoms with Crippen LogP contribution in [-0.2, 0) is 25.5 Å². The molecule has 1 atom stereocenters. The fourth-order valence-corrected chi connectivity index (χ4v) is 3.69. The summed E-state index contributed by atoms with van der Waals surface area (Å²) in [5.74, 6) is -2.76. The van der Waals surface area contributed by atoms with E-state index in [1.807, 2.05) is 16.7 Å². The van der Waals surface area contributed by atoms with Crippen molar-refractivity contribution in [1.82, 2.24) is 4.57 Å². The molecule has 4 rings (SSSR count). The van der Waals surface area contributed by atoms with E-state index < -0.39 is 23.8 Å². The van der Waals surface area contributed by atoms with Crippen LogP contribution in [0.2, 0.25) is 0 Å². The number of rotatable bonds is 7. The van der Waals surface area contributed by atoms with Gasteiger partial charge in [0.1, 0.15) is 5.82 Å². The van der Waals surface area contributed by atoms with Crippen molar-refractivity contribution in [2.75, 3.05) is 7.11 Å². The third kappa shape index (κ3) is 5.08. The van der Waals surface area contributed by atoms with E-state index in [9.17, 15) is 19.1 Å². The van der Waals surface area contributed by atoms with Gasteiger partial charge in [0, 0.05) is 56.2 Å². The molecule has 1 N–H and O–H groups in total. The van der Waals surface area contributed by atoms with Crippen LogP contribution in [0.1, 0.15) is 35.3 Å². The van der Waals surface area contributed by atoms with Gasteiger partial charge in [0.15, 0.2) is 12.1 Å². The van der Waals surface area contributed by atoms with Gasteiger partial charge >= 0.3 is 5.97 Å². The van der Waals surface area contributed by atoms with E-state index in [2.05, 4.69) is 0 Å². The molecule has 2 heterocycles. The molecule has 34 heavy (non-hydrogen) atoms. The highest BCUT2D eigenvalue weighted by atomic mass is 19.1. The number of aromatic nitrogens is 1. The van der Waals surface area contributed by atoms with Gasteiger partial charge in [-0.25, -0.2) is 9.18 Å². The maximum atomic E-state index is 13.3. The number of hydrogen-bond acceptors (Lipinski definition) is 6. The predicted octanol–water partition coefficient (Wildman–Crippen LogP) is 4.18. The zero-order valence-corrected chi connectivity index (χ0v) is 18.9. The molecule has 0 bridgehead atoms. The Morgan fingerprint density at radius 2 is 1.94 bits per heavy atom. The lowest BCUT2D eigenvalue weighted by Crippen LogP contribution is -2.19. The van der Waals surface area contributed by atoms with E-state index >= 15 is 0 Å². The van der Waals surface area contributed by atoms with Gasteiger partial charge in [-0.2, -0.15) is 0 Å². The van der Waals surface area contributed by atoms with Crippen molar-refractivity contribution in [1.29, 1.82) is 0 Å². The number of cyclic esters (lactones) is 1. The summed E-state index contributed by atoms with van der Waals surface area (Å²) in [5.41, 5.74) is 2.72. The third-order valence-electron chi connectivity index (χ3n) is 5.29. The maximum absolute atomic E-state index is 13.3. The molecule has 3 aromatic rings. The molecule has 1 unspecified atom stereocenters. The number of ether oxygens (including phenoxy) is 3. The number of methoxy groups -OCH3 is 1. The summed E-state index contributed by atoms with van der Waals surface area (Å²) in [6.45, 7) is 3.57. The van der Waals surface area contributed by atoms with Crippen LogP contribution >= 0.6 is 0 Å². The second-order valence-corrected chi connectivity index (χ2v) is 8.32. The number of carbonyl (C=O) groups excluding carboxylic acids is 2. The predicted molar refractivity (Wildman–Crippen MR) is 123 cm³/mol. The molecule has 7 nitrogen and oxygen atoms in total. The van der Waals surface area contributed by atoms with Crippen LogP contribution < -0.4 is 0 Å². The Morgan fingerprint density at radius 3 is 2.59 bits per heavy atom. The van der Waals surface area contributed by atoms with Gasteiger partial charge in [0.05, 0.1) is 0 Å². The van der Waals surface area contributed by atoms with E-state index in [1.165, 1.54) is 25.3 Å². The van der Waals surface area contributed by atoms with Gasteiger partial charge < -0.3 is 23.9 Å². The first kappa shape index (κ1) is 23.4. The minimum atomic E-state index is -1.14. The quantitative estimate of drug-likeness (QED) is 0.244. The van der Waals surface area contributed by atoms with Gasteiger partial charge in [-0.1, -0.05) is 24.3 Å². The summed E-state index contributed by atoms with van der Waals surface area (Å²) in [5, 5.41) is 10.3. The first-order chi connectivity index (χ1) is 16.1. The monoisotopic (exact) mass is 465 g/mol. The number of fused-ring (bicyclic) bond motifs is 1. The van der Waals surface area contributed by atoms with Crippen molar-refractivity contribution in [2.45, 2.75) is 32.5 Å². The largest absolute Gasteiger partial charge is 0.445 e. The molecule has 2 aromatic carbocycles. The average molecular weight is 465 g/mol. The maximum Gasteiger partial charge on any atom is 0.377 e. The second kappa shape index (κ2) is 9.24. The summed E-state index contributed by atoms with van der Waals surface area (Å²) in [6.07, 6.45) is 4.92. The second-order valence-electron chi connectivity index (χ2n) is 8.32. The van der Waals surface area contributed by atoms with Crippen LogP contribution in [-0.4, -0.2) is 40.6 Å². The van der Waals surface area contributed by atoms with Gasteiger partial charge in [-0.05, 0) is 41.5 Å². The molecule has 0 saturated carbocycles. The van der Waals surface area contributed by atoms with Crippen molar-refractivity contribution in [3.63, 3.8) is 0 Å². The molecule has 1 aliphatic rings. The van der Waals surface area contributed by atoms with Crippen LogP contribution in [0.4, 0.5) is 4.39 Å². The first-order valence-corrected chi connectivity index (χ1v) is 10.6. The van der Waals surface area contributed by atoms with Crippen LogP contribution in [0.15, 0.2) is 66.6 Å². The molecular weight excluding hydrogens is 441 g/mol. The Hall–Kier alpha value is -3.75. The molecule has 176 valence electrons. The Labute approximate surface area is 195 Å². The first-order valence-electron chi connectivity index (χ1n) is 10.6. The highest BCUT2D eigenvalue weighted by Gasteiger charge is 2.38. The number of halogens is 1. The minimum absolute atomic E-state index is 0.159. The van der Waals surface area contributed by atoms with E-state index in [-0.39, 0.29) is 11.6 Å². The molecule has 1 fully saturated rings. The van der Waals surface area contributed by atoms with Crippen LogP contribution in [0, 0.1) is 5.82 Å². The fraction of sp³-hybridized carbons (Fsp3) is 0.231. The van der Waals surface area contributed by atoms with Gasteiger partial charge in [-0.15, -0.1) is 0 Å². The Morgan fingerprint density at radius 1 is 1.21 bits per heavy atom. The molecular formula is C26H24FNO6. The summed E-state index contributed by atoms with van der Waals surface area (Å²) < 4.78 is 30.6. The lowest BCUT2D eigenvalue weighted by molar-refractivity contribution is -0.159. The lowest BCUT2D eigenvalue weighted by atomic mass is 10.1. The number of ketones is 1. The lowest BCUT2D eigenvalue weighted by Gasteiger charge is -2.13. The zero-order chi connectivity index (χ0) is 24.5. The summed E-state index contributed by atoms with van der Waals surface area (Å²) >= 11 is 0. The smallest absolute Gasteiger partial charge is 0.377 e. The highest BCUT2D eigenvalue weighted by molar-refractivity contribution is 6.15. The molecule has 8 heteroatoms. The van der Waals surface area contributed by atoms with Crippen LogP contribution in [0.5, 0.6) is 0 Å².